The third-order valence-electron chi connectivity index (χ3n) is 5.33. The molecule has 1 fully saturated rings. The number of piperidine rings is 1. The van der Waals surface area contributed by atoms with Crippen molar-refractivity contribution in [3.63, 3.8) is 0 Å². The molecular formula is C22H31N3O3. The Bertz CT molecular complexity index is 734. The van der Waals surface area contributed by atoms with Gasteiger partial charge in [0.05, 0.1) is 19.8 Å². The Kier molecular flexibility index (Phi) is 7.62. The van der Waals surface area contributed by atoms with E-state index in [0.717, 1.165) is 38.9 Å². The molecule has 1 aliphatic rings. The molecule has 2 aromatic rings. The van der Waals surface area contributed by atoms with Crippen LogP contribution in [0.5, 0.6) is 0 Å². The van der Waals surface area contributed by atoms with Crippen LogP contribution >= 0.6 is 0 Å². The van der Waals surface area contributed by atoms with E-state index in [0.29, 0.717) is 31.4 Å². The topological polar surface area (TPSA) is 56.6 Å². The fourth-order valence-corrected chi connectivity index (χ4v) is 3.59. The molecule has 0 radical (unpaired) electrons. The quantitative estimate of drug-likeness (QED) is 0.622. The molecule has 0 bridgehead atoms. The molecule has 6 nitrogen and oxygen atoms in total. The normalized spacial score (nSPS) is 15.1. The van der Waals surface area contributed by atoms with Crippen LogP contribution in [0, 0.1) is 5.92 Å². The summed E-state index contributed by atoms with van der Waals surface area (Å²) in [6, 6.07) is 10.5. The lowest BCUT2D eigenvalue weighted by molar-refractivity contribution is 0.0616. The zero-order valence-corrected chi connectivity index (χ0v) is 17.0. The number of amides is 1. The van der Waals surface area contributed by atoms with Gasteiger partial charge in [-0.05, 0) is 49.3 Å². The zero-order valence-electron chi connectivity index (χ0n) is 17.0. The molecule has 3 rings (SSSR count). The number of methoxy groups -OCH3 is 1. The van der Waals surface area contributed by atoms with Crippen LogP contribution in [-0.4, -0.2) is 54.0 Å². The number of aromatic nitrogens is 2. The predicted octanol–water partition coefficient (Wildman–Crippen LogP) is 3.16. The smallest absolute Gasteiger partial charge is 0.274 e. The largest absolute Gasteiger partial charge is 0.382 e. The van der Waals surface area contributed by atoms with Crippen molar-refractivity contribution in [2.24, 2.45) is 5.92 Å². The summed E-state index contributed by atoms with van der Waals surface area (Å²) in [5.41, 5.74) is 3.10. The Hall–Kier alpha value is -2.18. The van der Waals surface area contributed by atoms with E-state index >= 15 is 0 Å². The van der Waals surface area contributed by atoms with Crippen molar-refractivity contribution >= 4 is 5.91 Å². The van der Waals surface area contributed by atoms with Crippen LogP contribution in [0.2, 0.25) is 0 Å². The van der Waals surface area contributed by atoms with Crippen LogP contribution in [0.4, 0.5) is 0 Å². The van der Waals surface area contributed by atoms with Gasteiger partial charge in [-0.25, -0.2) is 0 Å². The number of carbonyl (C=O) groups is 1. The highest BCUT2D eigenvalue weighted by Crippen LogP contribution is 2.23. The molecule has 6 heteroatoms. The summed E-state index contributed by atoms with van der Waals surface area (Å²) in [6.45, 7) is 6.30. The van der Waals surface area contributed by atoms with Gasteiger partial charge in [-0.1, -0.05) is 24.3 Å². The Morgan fingerprint density at radius 3 is 2.46 bits per heavy atom. The molecule has 1 aromatic heterocycles. The minimum atomic E-state index is 0.0588. The summed E-state index contributed by atoms with van der Waals surface area (Å²) in [5.74, 6) is 0.685. The van der Waals surface area contributed by atoms with E-state index in [1.165, 1.54) is 11.1 Å². The first-order valence-electron chi connectivity index (χ1n) is 10.2. The first kappa shape index (κ1) is 20.6. The SMILES string of the molecule is CCn1ccc(C(=O)N2CCC(Cc3ccc(COCCOC)cc3)CC2)n1. The Morgan fingerprint density at radius 2 is 1.82 bits per heavy atom. The molecule has 0 saturated carbocycles. The van der Waals surface area contributed by atoms with Gasteiger partial charge >= 0.3 is 0 Å². The number of hydrogen-bond acceptors (Lipinski definition) is 4. The maximum atomic E-state index is 12.6. The molecule has 0 spiro atoms. The number of rotatable bonds is 9. The Morgan fingerprint density at radius 1 is 1.11 bits per heavy atom. The number of benzene rings is 1. The van der Waals surface area contributed by atoms with Crippen molar-refractivity contribution in [1.29, 1.82) is 0 Å². The molecule has 2 heterocycles. The molecule has 1 amide bonds. The van der Waals surface area contributed by atoms with Crippen molar-refractivity contribution in [2.45, 2.75) is 39.3 Å². The molecule has 28 heavy (non-hydrogen) atoms. The van der Waals surface area contributed by atoms with Gasteiger partial charge in [-0.2, -0.15) is 5.10 Å². The molecule has 1 aromatic carbocycles. The average Bonchev–Trinajstić information content (AvgIpc) is 3.22. The summed E-state index contributed by atoms with van der Waals surface area (Å²) in [4.78, 5) is 14.5. The minimum absolute atomic E-state index is 0.0588. The van der Waals surface area contributed by atoms with Gasteiger partial charge in [0.2, 0.25) is 0 Å². The second kappa shape index (κ2) is 10.4. The average molecular weight is 386 g/mol. The van der Waals surface area contributed by atoms with Crippen LogP contribution in [0.25, 0.3) is 0 Å². The Labute approximate surface area is 167 Å². The highest BCUT2D eigenvalue weighted by Gasteiger charge is 2.25. The lowest BCUT2D eigenvalue weighted by Gasteiger charge is -2.31. The lowest BCUT2D eigenvalue weighted by atomic mass is 9.90. The highest BCUT2D eigenvalue weighted by atomic mass is 16.5. The minimum Gasteiger partial charge on any atom is -0.382 e. The van der Waals surface area contributed by atoms with Gasteiger partial charge in [0.1, 0.15) is 5.69 Å². The number of aryl methyl sites for hydroxylation is 1. The third-order valence-corrected chi connectivity index (χ3v) is 5.33. The van der Waals surface area contributed by atoms with E-state index in [1.807, 2.05) is 24.1 Å². The maximum Gasteiger partial charge on any atom is 0.274 e. The van der Waals surface area contributed by atoms with Gasteiger partial charge < -0.3 is 14.4 Å². The lowest BCUT2D eigenvalue weighted by Crippen LogP contribution is -2.39. The number of ether oxygens (including phenoxy) is 2. The van der Waals surface area contributed by atoms with Crippen LogP contribution in [-0.2, 0) is 29.0 Å². The molecule has 1 aliphatic heterocycles. The number of nitrogens with zero attached hydrogens (tertiary/aromatic N) is 3. The molecule has 152 valence electrons. The summed E-state index contributed by atoms with van der Waals surface area (Å²) in [6.07, 6.45) is 5.02. The van der Waals surface area contributed by atoms with Crippen LogP contribution in [0.15, 0.2) is 36.5 Å². The van der Waals surface area contributed by atoms with Crippen molar-refractivity contribution < 1.29 is 14.3 Å². The summed E-state index contributed by atoms with van der Waals surface area (Å²) in [5, 5.41) is 4.34. The summed E-state index contributed by atoms with van der Waals surface area (Å²) >= 11 is 0. The van der Waals surface area contributed by atoms with Crippen molar-refractivity contribution in [2.75, 3.05) is 33.4 Å². The fraction of sp³-hybridized carbons (Fsp3) is 0.545. The summed E-state index contributed by atoms with van der Waals surface area (Å²) < 4.78 is 12.3. The van der Waals surface area contributed by atoms with Gasteiger partial charge in [0, 0.05) is 32.9 Å². The molecular weight excluding hydrogens is 354 g/mol. The van der Waals surface area contributed by atoms with Gasteiger partial charge in [0.25, 0.3) is 5.91 Å². The molecule has 0 aliphatic carbocycles. The number of carbonyl (C=O) groups excluding carboxylic acids is 1. The first-order chi connectivity index (χ1) is 13.7. The second-order valence-corrected chi connectivity index (χ2v) is 7.36. The standard InChI is InChI=1S/C22H31N3O3/c1-3-25-13-10-21(23-25)22(26)24-11-8-19(9-12-24)16-18-4-6-20(7-5-18)17-28-15-14-27-2/h4-7,10,13,19H,3,8-9,11-12,14-17H2,1-2H3. The van der Waals surface area contributed by atoms with E-state index in [4.69, 9.17) is 9.47 Å². The van der Waals surface area contributed by atoms with Crippen molar-refractivity contribution in [3.05, 3.63) is 53.3 Å². The van der Waals surface area contributed by atoms with Crippen LogP contribution in [0.3, 0.4) is 0 Å². The van der Waals surface area contributed by atoms with E-state index in [9.17, 15) is 4.79 Å². The predicted molar refractivity (Wildman–Crippen MR) is 108 cm³/mol. The molecule has 0 N–H and O–H groups in total. The monoisotopic (exact) mass is 385 g/mol. The second-order valence-electron chi connectivity index (χ2n) is 7.36. The number of likely N-dealkylation sites (tertiary alicyclic amines) is 1. The molecule has 1 saturated heterocycles. The fourth-order valence-electron chi connectivity index (χ4n) is 3.59. The summed E-state index contributed by atoms with van der Waals surface area (Å²) in [7, 11) is 1.68. The van der Waals surface area contributed by atoms with E-state index in [2.05, 4.69) is 29.4 Å². The van der Waals surface area contributed by atoms with E-state index in [-0.39, 0.29) is 5.91 Å². The number of hydrogen-bond donors (Lipinski definition) is 0. The van der Waals surface area contributed by atoms with Crippen LogP contribution in [0.1, 0.15) is 41.4 Å². The maximum absolute atomic E-state index is 12.6. The van der Waals surface area contributed by atoms with Gasteiger partial charge in [-0.15, -0.1) is 0 Å². The first-order valence-corrected chi connectivity index (χ1v) is 10.2. The van der Waals surface area contributed by atoms with Crippen molar-refractivity contribution in [3.8, 4) is 0 Å². The van der Waals surface area contributed by atoms with Gasteiger partial charge in [-0.3, -0.25) is 9.48 Å². The van der Waals surface area contributed by atoms with E-state index < -0.39 is 0 Å². The molecule has 0 unspecified atom stereocenters. The van der Waals surface area contributed by atoms with E-state index in [1.54, 1.807) is 11.8 Å². The van der Waals surface area contributed by atoms with Crippen LogP contribution < -0.4 is 0 Å². The Balaban J connectivity index is 1.43. The highest BCUT2D eigenvalue weighted by molar-refractivity contribution is 5.92. The van der Waals surface area contributed by atoms with Gasteiger partial charge in [0.15, 0.2) is 0 Å². The zero-order chi connectivity index (χ0) is 19.8. The molecule has 0 atom stereocenters. The third kappa shape index (κ3) is 5.66. The van der Waals surface area contributed by atoms with Crippen molar-refractivity contribution in [1.82, 2.24) is 14.7 Å².